The first-order chi connectivity index (χ1) is 10.5. The molecule has 1 saturated heterocycles. The van der Waals surface area contributed by atoms with Crippen LogP contribution in [0.2, 0.25) is 5.02 Å². The minimum Gasteiger partial charge on any atom is -0.368 e. The number of hydrogen-bond donors (Lipinski definition) is 1. The molecule has 1 atom stereocenters. The van der Waals surface area contributed by atoms with Crippen molar-refractivity contribution in [1.29, 1.82) is 0 Å². The van der Waals surface area contributed by atoms with Gasteiger partial charge < -0.3 is 5.73 Å². The van der Waals surface area contributed by atoms with E-state index in [-0.39, 0.29) is 13.0 Å². The van der Waals surface area contributed by atoms with Crippen molar-refractivity contribution in [3.63, 3.8) is 0 Å². The predicted molar refractivity (Wildman–Crippen MR) is 77.2 cm³/mol. The fourth-order valence-electron chi connectivity index (χ4n) is 2.49. The molecule has 2 rings (SSSR count). The summed E-state index contributed by atoms with van der Waals surface area (Å²) in [6.45, 7) is 0.0277. The molecular formula is C13H14ClF3N2O3S. The number of carbonyl (C=O) groups is 1. The Labute approximate surface area is 136 Å². The number of piperidine rings is 1. The van der Waals surface area contributed by atoms with E-state index in [9.17, 15) is 26.4 Å². The molecular weight excluding hydrogens is 357 g/mol. The molecule has 0 radical (unpaired) electrons. The van der Waals surface area contributed by atoms with Gasteiger partial charge in [0.25, 0.3) is 0 Å². The van der Waals surface area contributed by atoms with Gasteiger partial charge in [-0.3, -0.25) is 4.79 Å². The van der Waals surface area contributed by atoms with Gasteiger partial charge >= 0.3 is 6.18 Å². The van der Waals surface area contributed by atoms with E-state index in [1.165, 1.54) is 0 Å². The minimum absolute atomic E-state index is 0.0277. The van der Waals surface area contributed by atoms with E-state index in [4.69, 9.17) is 17.3 Å². The summed E-state index contributed by atoms with van der Waals surface area (Å²) in [4.78, 5) is 10.9. The third-order valence-corrected chi connectivity index (χ3v) is 5.87. The minimum atomic E-state index is -4.78. The maximum atomic E-state index is 12.9. The summed E-state index contributed by atoms with van der Waals surface area (Å²) in [5, 5.41) is -0.596. The molecule has 1 amide bonds. The lowest BCUT2D eigenvalue weighted by Crippen LogP contribution is -2.50. The summed E-state index contributed by atoms with van der Waals surface area (Å²) in [7, 11) is -4.28. The monoisotopic (exact) mass is 370 g/mol. The van der Waals surface area contributed by atoms with Crippen LogP contribution >= 0.6 is 11.6 Å². The van der Waals surface area contributed by atoms with Crippen molar-refractivity contribution in [3.8, 4) is 0 Å². The smallest absolute Gasteiger partial charge is 0.368 e. The second kappa shape index (κ2) is 6.29. The summed E-state index contributed by atoms with van der Waals surface area (Å²) in [6.07, 6.45) is -3.42. The van der Waals surface area contributed by atoms with Crippen LogP contribution in [0.5, 0.6) is 0 Å². The average molecular weight is 371 g/mol. The first-order valence-corrected chi connectivity index (χ1v) is 8.55. The summed E-state index contributed by atoms with van der Waals surface area (Å²) < 4.78 is 64.8. The van der Waals surface area contributed by atoms with Crippen molar-refractivity contribution < 1.29 is 26.4 Å². The van der Waals surface area contributed by atoms with Gasteiger partial charge in [0.05, 0.1) is 15.5 Å². The largest absolute Gasteiger partial charge is 0.417 e. The number of nitrogens with two attached hydrogens (primary N) is 1. The highest BCUT2D eigenvalue weighted by atomic mass is 35.5. The van der Waals surface area contributed by atoms with Gasteiger partial charge in [-0.15, -0.1) is 0 Å². The molecule has 0 aliphatic carbocycles. The van der Waals surface area contributed by atoms with Gasteiger partial charge in [0, 0.05) is 6.54 Å². The van der Waals surface area contributed by atoms with Gasteiger partial charge in [0.1, 0.15) is 6.04 Å². The summed E-state index contributed by atoms with van der Waals surface area (Å²) in [6, 6.07) is 1.28. The molecule has 0 unspecified atom stereocenters. The predicted octanol–water partition coefficient (Wildman–Crippen LogP) is 2.39. The summed E-state index contributed by atoms with van der Waals surface area (Å²) in [5.41, 5.74) is 3.97. The van der Waals surface area contributed by atoms with Gasteiger partial charge in [-0.2, -0.15) is 17.5 Å². The van der Waals surface area contributed by atoms with Crippen molar-refractivity contribution in [2.24, 2.45) is 5.73 Å². The Hall–Kier alpha value is -1.32. The zero-order valence-electron chi connectivity index (χ0n) is 11.8. The second-order valence-electron chi connectivity index (χ2n) is 5.17. The molecule has 2 N–H and O–H groups in total. The topological polar surface area (TPSA) is 80.5 Å². The zero-order chi connectivity index (χ0) is 17.4. The third-order valence-electron chi connectivity index (χ3n) is 3.63. The number of alkyl halides is 3. The SMILES string of the molecule is NC(=O)[C@@H]1CCCCN1S(=O)(=O)c1ccc(Cl)c(C(F)(F)F)c1. The highest BCUT2D eigenvalue weighted by molar-refractivity contribution is 7.89. The first kappa shape index (κ1) is 18.0. The van der Waals surface area contributed by atoms with Crippen molar-refractivity contribution in [1.82, 2.24) is 4.31 Å². The number of rotatable bonds is 3. The van der Waals surface area contributed by atoms with E-state index < -0.39 is 43.6 Å². The molecule has 0 bridgehead atoms. The van der Waals surface area contributed by atoms with Crippen LogP contribution in [-0.2, 0) is 21.0 Å². The Bertz CT molecular complexity index is 722. The molecule has 0 spiro atoms. The average Bonchev–Trinajstić information content (AvgIpc) is 2.46. The van der Waals surface area contributed by atoms with Gasteiger partial charge in [-0.1, -0.05) is 18.0 Å². The fraction of sp³-hybridized carbons (Fsp3) is 0.462. The van der Waals surface area contributed by atoms with Crippen molar-refractivity contribution in [2.45, 2.75) is 36.4 Å². The first-order valence-electron chi connectivity index (χ1n) is 6.73. The highest BCUT2D eigenvalue weighted by Gasteiger charge is 2.39. The molecule has 0 saturated carbocycles. The maximum absolute atomic E-state index is 12.9. The maximum Gasteiger partial charge on any atom is 0.417 e. The quantitative estimate of drug-likeness (QED) is 0.887. The van der Waals surface area contributed by atoms with E-state index >= 15 is 0 Å². The molecule has 1 fully saturated rings. The van der Waals surface area contributed by atoms with Crippen molar-refractivity contribution >= 4 is 27.5 Å². The number of primary amides is 1. The van der Waals surface area contributed by atoms with Gasteiger partial charge in [-0.25, -0.2) is 8.42 Å². The van der Waals surface area contributed by atoms with Gasteiger partial charge in [-0.05, 0) is 31.0 Å². The van der Waals surface area contributed by atoms with Crippen LogP contribution in [0, 0.1) is 0 Å². The normalized spacial score (nSPS) is 20.4. The Morgan fingerprint density at radius 2 is 1.96 bits per heavy atom. The fourth-order valence-corrected chi connectivity index (χ4v) is 4.41. The zero-order valence-corrected chi connectivity index (χ0v) is 13.4. The number of carbonyl (C=O) groups excluding carboxylic acids is 1. The van der Waals surface area contributed by atoms with Gasteiger partial charge in [0.15, 0.2) is 0 Å². The summed E-state index contributed by atoms with van der Waals surface area (Å²) in [5.74, 6) is -0.821. The van der Waals surface area contributed by atoms with Gasteiger partial charge in [0.2, 0.25) is 15.9 Å². The van der Waals surface area contributed by atoms with Crippen molar-refractivity contribution in [2.75, 3.05) is 6.54 Å². The number of nitrogens with zero attached hydrogens (tertiary/aromatic N) is 1. The third kappa shape index (κ3) is 3.61. The van der Waals surface area contributed by atoms with Crippen molar-refractivity contribution in [3.05, 3.63) is 28.8 Å². The number of benzene rings is 1. The number of sulfonamides is 1. The van der Waals surface area contributed by atoms with Crippen LogP contribution < -0.4 is 5.73 Å². The van der Waals surface area contributed by atoms with Crippen LogP contribution in [0.15, 0.2) is 23.1 Å². The lowest BCUT2D eigenvalue weighted by Gasteiger charge is -2.32. The Balaban J connectivity index is 2.49. The number of halogens is 4. The lowest BCUT2D eigenvalue weighted by atomic mass is 10.0. The van der Waals surface area contributed by atoms with E-state index in [0.29, 0.717) is 18.9 Å². The Morgan fingerprint density at radius 3 is 2.52 bits per heavy atom. The lowest BCUT2D eigenvalue weighted by molar-refractivity contribution is -0.137. The number of hydrogen-bond acceptors (Lipinski definition) is 3. The summed E-state index contributed by atoms with van der Waals surface area (Å²) >= 11 is 5.49. The molecule has 1 aliphatic rings. The van der Waals surface area contributed by atoms with Crippen LogP contribution in [0.1, 0.15) is 24.8 Å². The second-order valence-corrected chi connectivity index (χ2v) is 7.47. The molecule has 10 heteroatoms. The van der Waals surface area contributed by atoms with Crippen LogP contribution in [0.3, 0.4) is 0 Å². The van der Waals surface area contributed by atoms with Crippen LogP contribution in [0.4, 0.5) is 13.2 Å². The highest BCUT2D eigenvalue weighted by Crippen LogP contribution is 2.37. The molecule has 1 aromatic carbocycles. The molecule has 23 heavy (non-hydrogen) atoms. The molecule has 128 valence electrons. The Morgan fingerprint density at radius 1 is 1.30 bits per heavy atom. The Kier molecular flexibility index (Phi) is 4.93. The van der Waals surface area contributed by atoms with Crippen LogP contribution in [0.25, 0.3) is 0 Å². The molecule has 1 aromatic rings. The molecule has 5 nitrogen and oxygen atoms in total. The van der Waals surface area contributed by atoms with E-state index in [2.05, 4.69) is 0 Å². The van der Waals surface area contributed by atoms with E-state index in [0.717, 1.165) is 16.4 Å². The molecule has 1 heterocycles. The van der Waals surface area contributed by atoms with Crippen LogP contribution in [-0.4, -0.2) is 31.2 Å². The number of amides is 1. The van der Waals surface area contributed by atoms with E-state index in [1.54, 1.807) is 0 Å². The standard InChI is InChI=1S/C13H14ClF3N2O3S/c14-10-5-4-8(7-9(10)13(15,16)17)23(21,22)19-6-2-1-3-11(19)12(18)20/h4-5,7,11H,1-3,6H2,(H2,18,20)/t11-/m0/s1. The molecule has 1 aliphatic heterocycles. The van der Waals surface area contributed by atoms with E-state index in [1.807, 2.05) is 0 Å². The molecule has 0 aromatic heterocycles.